The van der Waals surface area contributed by atoms with Gasteiger partial charge in [0.1, 0.15) is 5.82 Å². The minimum atomic E-state index is -0.507. The Morgan fingerprint density at radius 3 is 2.65 bits per heavy atom. The SMILES string of the molecule is C=CCn1c(=NC(=O)c2cccc(F)c2)sc2cc(OC)c(OC)cc21. The lowest BCUT2D eigenvalue weighted by Gasteiger charge is -2.08. The van der Waals surface area contributed by atoms with E-state index in [-0.39, 0.29) is 5.56 Å². The highest BCUT2D eigenvalue weighted by Crippen LogP contribution is 2.33. The van der Waals surface area contributed by atoms with Crippen molar-refractivity contribution < 1.29 is 18.7 Å². The maximum Gasteiger partial charge on any atom is 0.279 e. The predicted octanol–water partition coefficient (Wildman–Crippen LogP) is 3.79. The average molecular weight is 372 g/mol. The van der Waals surface area contributed by atoms with Crippen LogP contribution in [0.3, 0.4) is 0 Å². The number of halogens is 1. The van der Waals surface area contributed by atoms with Crippen molar-refractivity contribution in [3.8, 4) is 11.5 Å². The third-order valence-corrected chi connectivity index (χ3v) is 4.81. The topological polar surface area (TPSA) is 52.8 Å². The van der Waals surface area contributed by atoms with Crippen molar-refractivity contribution in [2.45, 2.75) is 6.54 Å². The highest BCUT2D eigenvalue weighted by molar-refractivity contribution is 7.16. The van der Waals surface area contributed by atoms with E-state index in [1.807, 2.05) is 16.7 Å². The third kappa shape index (κ3) is 3.39. The number of allylic oxidation sites excluding steroid dienone is 1. The van der Waals surface area contributed by atoms with Gasteiger partial charge in [-0.2, -0.15) is 4.99 Å². The van der Waals surface area contributed by atoms with Crippen molar-refractivity contribution in [1.29, 1.82) is 0 Å². The number of nitrogens with zero attached hydrogens (tertiary/aromatic N) is 2. The molecule has 0 aliphatic carbocycles. The van der Waals surface area contributed by atoms with Crippen LogP contribution in [0.2, 0.25) is 0 Å². The Morgan fingerprint density at radius 1 is 1.27 bits per heavy atom. The zero-order valence-corrected chi connectivity index (χ0v) is 15.2. The molecule has 0 atom stereocenters. The summed E-state index contributed by atoms with van der Waals surface area (Å²) in [6.07, 6.45) is 1.72. The Bertz CT molecular complexity index is 1050. The normalized spacial score (nSPS) is 11.6. The molecule has 1 heterocycles. The summed E-state index contributed by atoms with van der Waals surface area (Å²) in [6.45, 7) is 4.22. The van der Waals surface area contributed by atoms with E-state index in [2.05, 4.69) is 11.6 Å². The van der Waals surface area contributed by atoms with Gasteiger partial charge in [-0.15, -0.1) is 6.58 Å². The van der Waals surface area contributed by atoms with E-state index in [4.69, 9.17) is 9.47 Å². The Hall–Kier alpha value is -2.93. The summed E-state index contributed by atoms with van der Waals surface area (Å²) in [5.41, 5.74) is 1.04. The first kappa shape index (κ1) is 17.9. The molecule has 0 radical (unpaired) electrons. The van der Waals surface area contributed by atoms with Crippen LogP contribution in [-0.4, -0.2) is 24.7 Å². The van der Waals surface area contributed by atoms with Crippen molar-refractivity contribution in [2.75, 3.05) is 14.2 Å². The third-order valence-electron chi connectivity index (χ3n) is 3.77. The molecule has 1 amide bonds. The first-order valence-corrected chi connectivity index (χ1v) is 8.60. The molecule has 26 heavy (non-hydrogen) atoms. The number of thiazole rings is 1. The standard InChI is InChI=1S/C19H17FN2O3S/c1-4-8-22-14-10-15(24-2)16(25-3)11-17(14)26-19(22)21-18(23)12-6-5-7-13(20)9-12/h4-7,9-11H,1,8H2,2-3H3. The Morgan fingerprint density at radius 2 is 2.00 bits per heavy atom. The molecule has 0 bridgehead atoms. The Balaban J connectivity index is 2.19. The largest absolute Gasteiger partial charge is 0.493 e. The zero-order chi connectivity index (χ0) is 18.7. The lowest BCUT2D eigenvalue weighted by atomic mass is 10.2. The van der Waals surface area contributed by atoms with Crippen LogP contribution in [0.5, 0.6) is 11.5 Å². The molecule has 134 valence electrons. The highest BCUT2D eigenvalue weighted by Gasteiger charge is 2.13. The number of ether oxygens (including phenoxy) is 2. The molecule has 0 aliphatic heterocycles. The lowest BCUT2D eigenvalue weighted by molar-refractivity contribution is 0.0997. The molecule has 0 saturated carbocycles. The number of hydrogen-bond donors (Lipinski definition) is 0. The van der Waals surface area contributed by atoms with E-state index in [1.54, 1.807) is 20.3 Å². The number of amides is 1. The van der Waals surface area contributed by atoms with Gasteiger partial charge in [-0.25, -0.2) is 4.39 Å². The number of methoxy groups -OCH3 is 2. The molecule has 3 rings (SSSR count). The van der Waals surface area contributed by atoms with Gasteiger partial charge in [0.2, 0.25) is 0 Å². The van der Waals surface area contributed by atoms with Crippen molar-refractivity contribution in [1.82, 2.24) is 4.57 Å². The highest BCUT2D eigenvalue weighted by atomic mass is 32.1. The molecule has 5 nitrogen and oxygen atoms in total. The molecule has 1 aromatic heterocycles. The van der Waals surface area contributed by atoms with Crippen LogP contribution < -0.4 is 14.3 Å². The number of hydrogen-bond acceptors (Lipinski definition) is 4. The summed E-state index contributed by atoms with van der Waals surface area (Å²) in [5, 5.41) is 0. The van der Waals surface area contributed by atoms with Gasteiger partial charge in [-0.1, -0.05) is 23.5 Å². The molecular formula is C19H17FN2O3S. The smallest absolute Gasteiger partial charge is 0.279 e. The number of carbonyl (C=O) groups excluding carboxylic acids is 1. The van der Waals surface area contributed by atoms with E-state index in [9.17, 15) is 9.18 Å². The van der Waals surface area contributed by atoms with Gasteiger partial charge in [-0.3, -0.25) is 4.79 Å². The van der Waals surface area contributed by atoms with E-state index in [0.29, 0.717) is 22.8 Å². The fourth-order valence-electron chi connectivity index (χ4n) is 2.56. The van der Waals surface area contributed by atoms with Gasteiger partial charge in [-0.05, 0) is 18.2 Å². The van der Waals surface area contributed by atoms with E-state index >= 15 is 0 Å². The van der Waals surface area contributed by atoms with Gasteiger partial charge in [0.05, 0.1) is 24.4 Å². The van der Waals surface area contributed by atoms with Gasteiger partial charge < -0.3 is 14.0 Å². The molecule has 0 N–H and O–H groups in total. The summed E-state index contributed by atoms with van der Waals surface area (Å²) in [4.78, 5) is 17.1. The van der Waals surface area contributed by atoms with Crippen LogP contribution in [0.4, 0.5) is 4.39 Å². The number of benzene rings is 2. The van der Waals surface area contributed by atoms with Crippen LogP contribution in [-0.2, 0) is 6.54 Å². The molecule has 0 spiro atoms. The van der Waals surface area contributed by atoms with Crippen LogP contribution in [0, 0.1) is 5.82 Å². The van der Waals surface area contributed by atoms with E-state index in [1.165, 1.54) is 35.6 Å². The average Bonchev–Trinajstić information content (AvgIpc) is 2.97. The van der Waals surface area contributed by atoms with Crippen LogP contribution in [0.15, 0.2) is 54.0 Å². The second-order valence-corrected chi connectivity index (χ2v) is 6.40. The first-order valence-electron chi connectivity index (χ1n) is 7.78. The van der Waals surface area contributed by atoms with Gasteiger partial charge in [0.15, 0.2) is 16.3 Å². The van der Waals surface area contributed by atoms with Gasteiger partial charge >= 0.3 is 0 Å². The molecule has 2 aromatic carbocycles. The predicted molar refractivity (Wildman–Crippen MR) is 99.4 cm³/mol. The molecule has 0 saturated heterocycles. The quantitative estimate of drug-likeness (QED) is 0.641. The number of aromatic nitrogens is 1. The van der Waals surface area contributed by atoms with Crippen molar-refractivity contribution in [3.05, 3.63) is 65.2 Å². The number of carbonyl (C=O) groups is 1. The second-order valence-electron chi connectivity index (χ2n) is 5.39. The minimum Gasteiger partial charge on any atom is -0.493 e. The van der Waals surface area contributed by atoms with Gasteiger partial charge in [0, 0.05) is 24.2 Å². The maximum absolute atomic E-state index is 13.4. The number of fused-ring (bicyclic) bond motifs is 1. The second kappa shape index (κ2) is 7.53. The fraction of sp³-hybridized carbons (Fsp3) is 0.158. The molecule has 0 fully saturated rings. The Kier molecular flexibility index (Phi) is 5.18. The van der Waals surface area contributed by atoms with Crippen LogP contribution in [0.25, 0.3) is 10.2 Å². The molecule has 3 aromatic rings. The monoisotopic (exact) mass is 372 g/mol. The van der Waals surface area contributed by atoms with Gasteiger partial charge in [0.25, 0.3) is 5.91 Å². The summed E-state index contributed by atoms with van der Waals surface area (Å²) < 4.78 is 26.8. The van der Waals surface area contributed by atoms with E-state index < -0.39 is 11.7 Å². The summed E-state index contributed by atoms with van der Waals surface area (Å²) in [6, 6.07) is 9.14. The molecule has 0 aliphatic rings. The minimum absolute atomic E-state index is 0.197. The van der Waals surface area contributed by atoms with Crippen molar-refractivity contribution in [2.24, 2.45) is 4.99 Å². The van der Waals surface area contributed by atoms with Crippen LogP contribution in [0.1, 0.15) is 10.4 Å². The lowest BCUT2D eigenvalue weighted by Crippen LogP contribution is -2.16. The van der Waals surface area contributed by atoms with E-state index in [0.717, 1.165) is 10.2 Å². The fourth-order valence-corrected chi connectivity index (χ4v) is 3.61. The number of rotatable bonds is 5. The van der Waals surface area contributed by atoms with Crippen molar-refractivity contribution >= 4 is 27.5 Å². The van der Waals surface area contributed by atoms with Crippen molar-refractivity contribution in [3.63, 3.8) is 0 Å². The molecule has 0 unspecified atom stereocenters. The molecule has 7 heteroatoms. The summed E-state index contributed by atoms with van der Waals surface area (Å²) in [7, 11) is 3.13. The zero-order valence-electron chi connectivity index (χ0n) is 14.4. The maximum atomic E-state index is 13.4. The van der Waals surface area contributed by atoms with Crippen LogP contribution >= 0.6 is 11.3 Å². The summed E-state index contributed by atoms with van der Waals surface area (Å²) >= 11 is 1.34. The Labute approximate surface area is 153 Å². The summed E-state index contributed by atoms with van der Waals surface area (Å²) in [5.74, 6) is 0.192. The molecular weight excluding hydrogens is 355 g/mol. The first-order chi connectivity index (χ1) is 12.6.